The number of rotatable bonds is 0. The van der Waals surface area contributed by atoms with Gasteiger partial charge in [-0.1, -0.05) is 32.9 Å². The van der Waals surface area contributed by atoms with Gasteiger partial charge in [0.1, 0.15) is 5.76 Å². The van der Waals surface area contributed by atoms with E-state index in [1.165, 1.54) is 0 Å². The van der Waals surface area contributed by atoms with Crippen LogP contribution >= 0.6 is 0 Å². The highest BCUT2D eigenvalue weighted by molar-refractivity contribution is 5.81. The molecule has 0 radical (unpaired) electrons. The number of ether oxygens (including phenoxy) is 1. The van der Waals surface area contributed by atoms with E-state index in [9.17, 15) is 4.79 Å². The molecular weight excluding hydrogens is 202 g/mol. The van der Waals surface area contributed by atoms with Crippen molar-refractivity contribution in [2.75, 3.05) is 6.61 Å². The van der Waals surface area contributed by atoms with Gasteiger partial charge < -0.3 is 10.1 Å². The van der Waals surface area contributed by atoms with Gasteiger partial charge in [-0.15, -0.1) is 0 Å². The summed E-state index contributed by atoms with van der Waals surface area (Å²) in [4.78, 5) is 11.2. The number of carbonyl (C=O) groups is 1. The molecule has 1 N–H and O–H groups in total. The van der Waals surface area contributed by atoms with Gasteiger partial charge in [0.15, 0.2) is 6.61 Å². The van der Waals surface area contributed by atoms with Crippen LogP contribution in [0.1, 0.15) is 20.8 Å². The Morgan fingerprint density at radius 2 is 2.19 bits per heavy atom. The van der Waals surface area contributed by atoms with Gasteiger partial charge >= 0.3 is 0 Å². The summed E-state index contributed by atoms with van der Waals surface area (Å²) < 4.78 is 5.44. The third kappa shape index (κ3) is 2.18. The van der Waals surface area contributed by atoms with Crippen LogP contribution in [-0.4, -0.2) is 12.5 Å². The Labute approximate surface area is 95.9 Å². The van der Waals surface area contributed by atoms with Gasteiger partial charge in [-0.05, 0) is 17.6 Å². The van der Waals surface area contributed by atoms with Crippen LogP contribution in [0.15, 0.2) is 35.8 Å². The second-order valence-corrected chi connectivity index (χ2v) is 5.22. The average molecular weight is 219 g/mol. The lowest BCUT2D eigenvalue weighted by atomic mass is 9.80. The minimum Gasteiger partial charge on any atom is -0.482 e. The van der Waals surface area contributed by atoms with Gasteiger partial charge in [0.2, 0.25) is 0 Å². The molecule has 0 spiro atoms. The highest BCUT2D eigenvalue weighted by Gasteiger charge is 2.26. The summed E-state index contributed by atoms with van der Waals surface area (Å²) in [6.45, 7) is 6.67. The number of amides is 1. The van der Waals surface area contributed by atoms with E-state index in [4.69, 9.17) is 4.74 Å². The summed E-state index contributed by atoms with van der Waals surface area (Å²) in [5.74, 6) is 1.00. The monoisotopic (exact) mass is 219 g/mol. The molecule has 0 bridgehead atoms. The third-order valence-corrected chi connectivity index (χ3v) is 2.81. The van der Waals surface area contributed by atoms with Crippen LogP contribution in [0.4, 0.5) is 0 Å². The Bertz CT molecular complexity index is 397. The molecule has 1 aliphatic heterocycles. The van der Waals surface area contributed by atoms with Crippen molar-refractivity contribution < 1.29 is 9.53 Å². The summed E-state index contributed by atoms with van der Waals surface area (Å²) in [6.07, 6.45) is 8.07. The van der Waals surface area contributed by atoms with E-state index >= 15 is 0 Å². The van der Waals surface area contributed by atoms with Crippen LogP contribution in [0.3, 0.4) is 0 Å². The number of morpholine rings is 1. The third-order valence-electron chi connectivity index (χ3n) is 2.81. The van der Waals surface area contributed by atoms with E-state index in [-0.39, 0.29) is 17.9 Å². The lowest BCUT2D eigenvalue weighted by Crippen LogP contribution is -2.34. The van der Waals surface area contributed by atoms with Crippen LogP contribution in [0.5, 0.6) is 0 Å². The molecule has 1 heterocycles. The van der Waals surface area contributed by atoms with E-state index in [0.717, 1.165) is 11.5 Å². The van der Waals surface area contributed by atoms with Gasteiger partial charge in [0, 0.05) is 5.92 Å². The lowest BCUT2D eigenvalue weighted by Gasteiger charge is -2.27. The highest BCUT2D eigenvalue weighted by Crippen LogP contribution is 2.32. The molecule has 2 rings (SSSR count). The first-order valence-corrected chi connectivity index (χ1v) is 5.50. The maximum absolute atomic E-state index is 11.2. The van der Waals surface area contributed by atoms with Gasteiger partial charge in [0.25, 0.3) is 5.91 Å². The molecule has 1 fully saturated rings. The topological polar surface area (TPSA) is 38.3 Å². The zero-order chi connectivity index (χ0) is 11.8. The summed E-state index contributed by atoms with van der Waals surface area (Å²) in [5.41, 5.74) is 0.914. The summed E-state index contributed by atoms with van der Waals surface area (Å²) in [5, 5.41) is 2.81. The zero-order valence-corrected chi connectivity index (χ0v) is 9.91. The van der Waals surface area contributed by atoms with E-state index in [1.54, 1.807) is 0 Å². The van der Waals surface area contributed by atoms with Gasteiger partial charge in [-0.25, -0.2) is 0 Å². The Balaban J connectivity index is 2.29. The number of hydrogen-bond acceptors (Lipinski definition) is 2. The van der Waals surface area contributed by atoms with Gasteiger partial charge in [-0.3, -0.25) is 4.79 Å². The Morgan fingerprint density at radius 1 is 1.44 bits per heavy atom. The fraction of sp³-hybridized carbons (Fsp3) is 0.462. The Hall–Kier alpha value is -1.51. The van der Waals surface area contributed by atoms with E-state index in [1.807, 2.05) is 12.2 Å². The molecule has 2 aliphatic rings. The first kappa shape index (κ1) is 11.0. The predicted octanol–water partition coefficient (Wildman–Crippen LogP) is 2.13. The molecule has 1 atom stereocenters. The van der Waals surface area contributed by atoms with Gasteiger partial charge in [-0.2, -0.15) is 0 Å². The maximum Gasteiger partial charge on any atom is 0.262 e. The van der Waals surface area contributed by atoms with Crippen molar-refractivity contribution >= 4 is 5.91 Å². The number of fused-ring (bicyclic) bond motifs is 1. The maximum atomic E-state index is 11.2. The number of carbonyl (C=O) groups excluding carboxylic acids is 1. The molecular formula is C13H17NO2. The van der Waals surface area contributed by atoms with E-state index in [2.05, 4.69) is 38.2 Å². The minimum absolute atomic E-state index is 0.0917. The first-order chi connectivity index (χ1) is 7.47. The number of allylic oxidation sites excluding steroid dienone is 4. The zero-order valence-electron chi connectivity index (χ0n) is 9.91. The summed E-state index contributed by atoms with van der Waals surface area (Å²) in [7, 11) is 0. The number of nitrogens with one attached hydrogen (secondary N) is 1. The van der Waals surface area contributed by atoms with Crippen LogP contribution in [0, 0.1) is 11.3 Å². The molecule has 86 valence electrons. The van der Waals surface area contributed by atoms with Crippen LogP contribution in [-0.2, 0) is 9.53 Å². The van der Waals surface area contributed by atoms with Crippen molar-refractivity contribution in [2.45, 2.75) is 20.8 Å². The van der Waals surface area contributed by atoms with Crippen molar-refractivity contribution in [1.29, 1.82) is 0 Å². The quantitative estimate of drug-likeness (QED) is 0.677. The van der Waals surface area contributed by atoms with Crippen molar-refractivity contribution in [1.82, 2.24) is 5.32 Å². The molecule has 0 saturated carbocycles. The molecule has 1 unspecified atom stereocenters. The van der Waals surface area contributed by atoms with Crippen molar-refractivity contribution in [3.63, 3.8) is 0 Å². The Morgan fingerprint density at radius 3 is 2.88 bits per heavy atom. The average Bonchev–Trinajstić information content (AvgIpc) is 2.38. The number of hydrogen-bond donors (Lipinski definition) is 1. The SMILES string of the molecule is CC(C)(C)C1C=CC=C2NC(=O)COC2=C1. The molecule has 1 aliphatic carbocycles. The molecule has 3 heteroatoms. The van der Waals surface area contributed by atoms with Crippen LogP contribution in [0.25, 0.3) is 0 Å². The van der Waals surface area contributed by atoms with Crippen molar-refractivity contribution in [3.8, 4) is 0 Å². The minimum atomic E-state index is -0.0917. The summed E-state index contributed by atoms with van der Waals surface area (Å²) >= 11 is 0. The van der Waals surface area contributed by atoms with Crippen LogP contribution in [0.2, 0.25) is 0 Å². The van der Waals surface area contributed by atoms with Crippen LogP contribution < -0.4 is 5.32 Å². The molecule has 1 amide bonds. The molecule has 16 heavy (non-hydrogen) atoms. The standard InChI is InChI=1S/C13H17NO2/c1-13(2,3)9-5-4-6-10-11(7-9)16-8-12(15)14-10/h4-7,9H,8H2,1-3H3,(H,14,15). The molecule has 0 aromatic heterocycles. The predicted molar refractivity (Wildman–Crippen MR) is 62.3 cm³/mol. The fourth-order valence-electron chi connectivity index (χ4n) is 1.76. The van der Waals surface area contributed by atoms with E-state index < -0.39 is 0 Å². The molecule has 3 nitrogen and oxygen atoms in total. The van der Waals surface area contributed by atoms with Crippen molar-refractivity contribution in [2.24, 2.45) is 11.3 Å². The normalized spacial score (nSPS) is 24.7. The van der Waals surface area contributed by atoms with Gasteiger partial charge in [0.05, 0.1) is 5.70 Å². The second kappa shape index (κ2) is 3.81. The Kier molecular flexibility index (Phi) is 2.62. The molecule has 0 aromatic rings. The lowest BCUT2D eigenvalue weighted by molar-refractivity contribution is -0.125. The largest absolute Gasteiger partial charge is 0.482 e. The second-order valence-electron chi connectivity index (χ2n) is 5.22. The smallest absolute Gasteiger partial charge is 0.262 e. The summed E-state index contributed by atoms with van der Waals surface area (Å²) in [6, 6.07) is 0. The molecule has 1 saturated heterocycles. The molecule has 0 aromatic carbocycles. The fourth-order valence-corrected chi connectivity index (χ4v) is 1.76. The first-order valence-electron chi connectivity index (χ1n) is 5.50. The highest BCUT2D eigenvalue weighted by atomic mass is 16.5. The van der Waals surface area contributed by atoms with E-state index in [0.29, 0.717) is 5.92 Å². The van der Waals surface area contributed by atoms with Crippen molar-refractivity contribution in [3.05, 3.63) is 35.8 Å².